The van der Waals surface area contributed by atoms with E-state index in [-0.39, 0.29) is 39.4 Å². The Balaban J connectivity index is 1.52. The van der Waals surface area contributed by atoms with Gasteiger partial charge >= 0.3 is 12.2 Å². The van der Waals surface area contributed by atoms with Crippen molar-refractivity contribution in [2.75, 3.05) is 16.8 Å². The molecule has 0 spiro atoms. The van der Waals surface area contributed by atoms with Crippen molar-refractivity contribution in [2.45, 2.75) is 38.0 Å². The lowest BCUT2D eigenvalue weighted by atomic mass is 9.88. The molecule has 0 saturated heterocycles. The lowest BCUT2D eigenvalue weighted by Crippen LogP contribution is -2.46. The number of rotatable bonds is 4. The van der Waals surface area contributed by atoms with Crippen LogP contribution in [0.3, 0.4) is 0 Å². The maximum Gasteiger partial charge on any atom is 0.401 e. The minimum Gasteiger partial charge on any atom is -0.387 e. The number of anilines is 2. The number of hydrogen-bond donors (Lipinski definition) is 2. The summed E-state index contributed by atoms with van der Waals surface area (Å²) in [5.74, 6) is -0.343. The second-order valence-electron chi connectivity index (χ2n) is 8.76. The third-order valence-corrected chi connectivity index (χ3v) is 6.36. The standard InChI is InChI=1S/C21H17ClF5N9O2/c1-9(37)12-7-30-33-35(12)18-11(17(23)24)3-10(5-29-18)31-19(38)34-8-20(2,21(25,26)27)16-13(34)6-28-15-4-14(22)32-36(15)16/h3-7,9,17,37H,8H2,1-2H3,(H,31,38)/t9-,20-/m1/s1. The Kier molecular flexibility index (Phi) is 5.98. The highest BCUT2D eigenvalue weighted by molar-refractivity contribution is 6.29. The van der Waals surface area contributed by atoms with Gasteiger partial charge in [-0.2, -0.15) is 23.0 Å². The third-order valence-electron chi connectivity index (χ3n) is 6.18. The molecule has 200 valence electrons. The Hall–Kier alpha value is -3.92. The topological polar surface area (TPSA) is 126 Å². The minimum atomic E-state index is -4.80. The van der Waals surface area contributed by atoms with Crippen molar-refractivity contribution >= 4 is 34.7 Å². The van der Waals surface area contributed by atoms with Crippen LogP contribution in [0.5, 0.6) is 0 Å². The van der Waals surface area contributed by atoms with Crippen LogP contribution in [-0.2, 0) is 5.41 Å². The molecule has 0 aromatic carbocycles. The molecule has 1 aliphatic heterocycles. The van der Waals surface area contributed by atoms with E-state index in [0.717, 1.165) is 39.5 Å². The van der Waals surface area contributed by atoms with Crippen LogP contribution in [0.15, 0.2) is 30.7 Å². The molecule has 38 heavy (non-hydrogen) atoms. The van der Waals surface area contributed by atoms with E-state index in [1.165, 1.54) is 19.2 Å². The van der Waals surface area contributed by atoms with Gasteiger partial charge in [-0.25, -0.2) is 28.1 Å². The number of amides is 2. The number of nitrogens with zero attached hydrogens (tertiary/aromatic N) is 8. The fourth-order valence-corrected chi connectivity index (χ4v) is 4.43. The number of fused-ring (bicyclic) bond motifs is 3. The first-order valence-electron chi connectivity index (χ1n) is 10.9. The normalized spacial score (nSPS) is 18.3. The molecule has 0 aliphatic carbocycles. The van der Waals surface area contributed by atoms with E-state index < -0.39 is 42.3 Å². The molecular weight excluding hydrogens is 541 g/mol. The van der Waals surface area contributed by atoms with Gasteiger partial charge in [-0.3, -0.25) is 4.90 Å². The van der Waals surface area contributed by atoms with Gasteiger partial charge in [0, 0.05) is 12.6 Å². The molecule has 0 bridgehead atoms. The Morgan fingerprint density at radius 3 is 2.61 bits per heavy atom. The summed E-state index contributed by atoms with van der Waals surface area (Å²) >= 11 is 5.88. The summed E-state index contributed by atoms with van der Waals surface area (Å²) in [6, 6.07) is 1.14. The van der Waals surface area contributed by atoms with E-state index in [4.69, 9.17) is 11.6 Å². The smallest absolute Gasteiger partial charge is 0.387 e. The van der Waals surface area contributed by atoms with Gasteiger partial charge < -0.3 is 10.4 Å². The number of carbonyl (C=O) groups is 1. The number of urea groups is 1. The van der Waals surface area contributed by atoms with Gasteiger partial charge in [-0.15, -0.1) is 5.10 Å². The Morgan fingerprint density at radius 2 is 1.95 bits per heavy atom. The van der Waals surface area contributed by atoms with Crippen molar-refractivity contribution in [1.82, 2.24) is 34.6 Å². The molecule has 11 nitrogen and oxygen atoms in total. The minimum absolute atomic E-state index is 0.0533. The van der Waals surface area contributed by atoms with Gasteiger partial charge in [0.05, 0.1) is 53.0 Å². The van der Waals surface area contributed by atoms with Crippen LogP contribution in [0.25, 0.3) is 11.5 Å². The maximum absolute atomic E-state index is 14.3. The van der Waals surface area contributed by atoms with Crippen molar-refractivity contribution in [3.63, 3.8) is 0 Å². The van der Waals surface area contributed by atoms with Gasteiger partial charge in [0.25, 0.3) is 6.43 Å². The second-order valence-corrected chi connectivity index (χ2v) is 9.15. The van der Waals surface area contributed by atoms with Crippen LogP contribution in [-0.4, -0.2) is 58.4 Å². The summed E-state index contributed by atoms with van der Waals surface area (Å²) in [6.45, 7) is 1.46. The predicted octanol–water partition coefficient (Wildman–Crippen LogP) is 4.22. The van der Waals surface area contributed by atoms with E-state index in [1.54, 1.807) is 0 Å². The highest BCUT2D eigenvalue weighted by Crippen LogP contribution is 2.50. The average Bonchev–Trinajstić information content (AvgIpc) is 3.54. The van der Waals surface area contributed by atoms with Crippen molar-refractivity contribution < 1.29 is 31.9 Å². The van der Waals surface area contributed by atoms with Crippen molar-refractivity contribution in [1.29, 1.82) is 0 Å². The summed E-state index contributed by atoms with van der Waals surface area (Å²) < 4.78 is 72.4. The second kappa shape index (κ2) is 8.83. The number of alkyl halides is 5. The largest absolute Gasteiger partial charge is 0.401 e. The summed E-state index contributed by atoms with van der Waals surface area (Å²) in [7, 11) is 0. The average molecular weight is 558 g/mol. The summed E-state index contributed by atoms with van der Waals surface area (Å²) in [6.07, 6.45) is -5.68. The number of pyridine rings is 1. The molecule has 5 heterocycles. The van der Waals surface area contributed by atoms with Gasteiger partial charge in [0.1, 0.15) is 5.41 Å². The van der Waals surface area contributed by atoms with Gasteiger partial charge in [0.2, 0.25) is 0 Å². The zero-order valence-corrected chi connectivity index (χ0v) is 20.2. The van der Waals surface area contributed by atoms with Crippen LogP contribution < -0.4 is 10.2 Å². The lowest BCUT2D eigenvalue weighted by molar-refractivity contribution is -0.181. The van der Waals surface area contributed by atoms with Gasteiger partial charge in [0.15, 0.2) is 16.6 Å². The molecule has 2 N–H and O–H groups in total. The first-order chi connectivity index (χ1) is 17.8. The zero-order chi connectivity index (χ0) is 27.6. The van der Waals surface area contributed by atoms with E-state index in [2.05, 4.69) is 30.7 Å². The summed E-state index contributed by atoms with van der Waals surface area (Å²) in [4.78, 5) is 21.9. The predicted molar refractivity (Wildman–Crippen MR) is 123 cm³/mol. The molecule has 0 saturated carbocycles. The SMILES string of the molecule is C[C@@H](O)c1cnnn1-c1ncc(NC(=O)N2C[C@@](C)(C(F)(F)F)c3c2cnc2cc(Cl)nn32)cc1C(F)F. The maximum atomic E-state index is 14.3. The quantitative estimate of drug-likeness (QED) is 0.360. The molecule has 0 unspecified atom stereocenters. The number of halogens is 6. The van der Waals surface area contributed by atoms with Gasteiger partial charge in [-0.1, -0.05) is 16.8 Å². The molecule has 2 atom stereocenters. The summed E-state index contributed by atoms with van der Waals surface area (Å²) in [5, 5.41) is 23.3. The number of aromatic nitrogens is 7. The van der Waals surface area contributed by atoms with Crippen molar-refractivity contribution in [3.8, 4) is 5.82 Å². The van der Waals surface area contributed by atoms with E-state index in [9.17, 15) is 31.9 Å². The van der Waals surface area contributed by atoms with Crippen LogP contribution in [0.4, 0.5) is 38.1 Å². The molecule has 2 amide bonds. The highest BCUT2D eigenvalue weighted by Gasteiger charge is 2.60. The molecule has 0 radical (unpaired) electrons. The van der Waals surface area contributed by atoms with Crippen LogP contribution >= 0.6 is 11.6 Å². The number of nitrogens with one attached hydrogen (secondary N) is 1. The zero-order valence-electron chi connectivity index (χ0n) is 19.4. The lowest BCUT2D eigenvalue weighted by Gasteiger charge is -2.28. The number of hydrogen-bond acceptors (Lipinski definition) is 7. The third kappa shape index (κ3) is 3.99. The van der Waals surface area contributed by atoms with E-state index in [1.807, 2.05) is 0 Å². The molecule has 17 heteroatoms. The molecule has 0 fully saturated rings. The van der Waals surface area contributed by atoms with Crippen LogP contribution in [0.1, 0.15) is 43.3 Å². The number of aliphatic hydroxyl groups is 1. The molecule has 4 aromatic heterocycles. The van der Waals surface area contributed by atoms with Crippen molar-refractivity contribution in [2.24, 2.45) is 0 Å². The molecular formula is C21H17ClF5N9O2. The monoisotopic (exact) mass is 557 g/mol. The Bertz CT molecular complexity index is 1550. The molecule has 4 aromatic rings. The van der Waals surface area contributed by atoms with Crippen LogP contribution in [0, 0.1) is 0 Å². The Labute approximate surface area is 214 Å². The number of aliphatic hydroxyl groups excluding tert-OH is 1. The van der Waals surface area contributed by atoms with Gasteiger partial charge in [-0.05, 0) is 19.9 Å². The first kappa shape index (κ1) is 25.7. The summed E-state index contributed by atoms with van der Waals surface area (Å²) in [5.41, 5.74) is -3.81. The number of carbonyl (C=O) groups excluding carboxylic acids is 1. The fraction of sp³-hybridized carbons (Fsp3) is 0.333. The molecule has 1 aliphatic rings. The first-order valence-corrected chi connectivity index (χ1v) is 11.3. The van der Waals surface area contributed by atoms with Crippen LogP contribution in [0.2, 0.25) is 5.15 Å². The fourth-order valence-electron chi connectivity index (χ4n) is 4.26. The highest BCUT2D eigenvalue weighted by atomic mass is 35.5. The molecule has 5 rings (SSSR count). The van der Waals surface area contributed by atoms with Crippen molar-refractivity contribution in [3.05, 3.63) is 52.8 Å². The van der Waals surface area contributed by atoms with E-state index >= 15 is 0 Å². The Morgan fingerprint density at radius 1 is 1.21 bits per heavy atom. The van der Waals surface area contributed by atoms with E-state index in [0.29, 0.717) is 0 Å².